The van der Waals surface area contributed by atoms with Gasteiger partial charge in [-0.2, -0.15) is 4.72 Å². The van der Waals surface area contributed by atoms with Crippen LogP contribution in [0.2, 0.25) is 5.02 Å². The standard InChI is InChI=1S/C12H15ClFNO4S/c1-7(2)5-11(12(16)17)15-20(18,19)8-3-4-10(14)9(13)6-8/h3-4,6-7,11,15H,5H2,1-2H3,(H,16,17)/t11-/m1/s1. The van der Waals surface area contributed by atoms with E-state index < -0.39 is 27.9 Å². The highest BCUT2D eigenvalue weighted by atomic mass is 35.5. The third-order valence-electron chi connectivity index (χ3n) is 2.50. The first-order valence-corrected chi connectivity index (χ1v) is 7.69. The van der Waals surface area contributed by atoms with E-state index in [2.05, 4.69) is 4.72 Å². The zero-order chi connectivity index (χ0) is 15.5. The van der Waals surface area contributed by atoms with Crippen molar-refractivity contribution >= 4 is 27.6 Å². The molecule has 0 aliphatic heterocycles. The monoisotopic (exact) mass is 323 g/mol. The molecule has 1 atom stereocenters. The summed E-state index contributed by atoms with van der Waals surface area (Å²) < 4.78 is 39.2. The van der Waals surface area contributed by atoms with E-state index in [1.54, 1.807) is 13.8 Å². The number of halogens is 2. The second-order valence-corrected chi connectivity index (χ2v) is 6.84. The molecule has 0 aromatic heterocycles. The average Bonchev–Trinajstić information content (AvgIpc) is 2.30. The summed E-state index contributed by atoms with van der Waals surface area (Å²) >= 11 is 5.52. The highest BCUT2D eigenvalue weighted by Gasteiger charge is 2.26. The fourth-order valence-corrected chi connectivity index (χ4v) is 3.04. The molecule has 8 heteroatoms. The number of carboxylic acid groups (broad SMARTS) is 1. The molecule has 0 amide bonds. The Bertz CT molecular complexity index is 603. The number of hydrogen-bond donors (Lipinski definition) is 2. The highest BCUT2D eigenvalue weighted by molar-refractivity contribution is 7.89. The van der Waals surface area contributed by atoms with Crippen molar-refractivity contribution in [3.8, 4) is 0 Å². The molecule has 1 rings (SSSR count). The minimum absolute atomic E-state index is 0.00407. The van der Waals surface area contributed by atoms with Crippen LogP contribution in [0.4, 0.5) is 4.39 Å². The molecule has 0 aliphatic carbocycles. The Morgan fingerprint density at radius 1 is 1.45 bits per heavy atom. The summed E-state index contributed by atoms with van der Waals surface area (Å²) in [6, 6.07) is 1.63. The number of carboxylic acids is 1. The van der Waals surface area contributed by atoms with Crippen LogP contribution in [0.1, 0.15) is 20.3 Å². The van der Waals surface area contributed by atoms with E-state index in [0.717, 1.165) is 18.2 Å². The van der Waals surface area contributed by atoms with Gasteiger partial charge in [0.05, 0.1) is 9.92 Å². The Hall–Kier alpha value is -1.18. The number of nitrogens with one attached hydrogen (secondary N) is 1. The van der Waals surface area contributed by atoms with E-state index >= 15 is 0 Å². The number of carbonyl (C=O) groups is 1. The molecule has 0 saturated carbocycles. The summed E-state index contributed by atoms with van der Waals surface area (Å²) in [6.45, 7) is 3.55. The topological polar surface area (TPSA) is 83.5 Å². The van der Waals surface area contributed by atoms with Crippen LogP contribution in [0, 0.1) is 11.7 Å². The summed E-state index contributed by atoms with van der Waals surface area (Å²) in [5, 5.41) is 8.67. The van der Waals surface area contributed by atoms with Crippen LogP contribution in [0.3, 0.4) is 0 Å². The van der Waals surface area contributed by atoms with Gasteiger partial charge in [-0.15, -0.1) is 0 Å². The van der Waals surface area contributed by atoms with Crippen molar-refractivity contribution in [1.82, 2.24) is 4.72 Å². The van der Waals surface area contributed by atoms with Crippen LogP contribution < -0.4 is 4.72 Å². The first kappa shape index (κ1) is 16.9. The van der Waals surface area contributed by atoms with Crippen molar-refractivity contribution in [2.75, 3.05) is 0 Å². The third kappa shape index (κ3) is 4.43. The normalized spacial score (nSPS) is 13.4. The Morgan fingerprint density at radius 2 is 2.05 bits per heavy atom. The number of aliphatic carboxylic acids is 1. The van der Waals surface area contributed by atoms with E-state index in [1.165, 1.54) is 0 Å². The maximum atomic E-state index is 13.0. The van der Waals surface area contributed by atoms with E-state index in [-0.39, 0.29) is 22.3 Å². The maximum absolute atomic E-state index is 13.0. The van der Waals surface area contributed by atoms with Gasteiger partial charge in [-0.3, -0.25) is 4.79 Å². The molecule has 0 spiro atoms. The molecular formula is C12H15ClFNO4S. The molecule has 0 heterocycles. The lowest BCUT2D eigenvalue weighted by Gasteiger charge is -2.16. The van der Waals surface area contributed by atoms with Gasteiger partial charge in [-0.25, -0.2) is 12.8 Å². The van der Waals surface area contributed by atoms with Crippen molar-refractivity contribution in [2.24, 2.45) is 5.92 Å². The molecular weight excluding hydrogens is 309 g/mol. The first-order chi connectivity index (χ1) is 9.13. The SMILES string of the molecule is CC(C)C[C@@H](NS(=O)(=O)c1ccc(F)c(Cl)c1)C(=O)O. The number of rotatable bonds is 6. The van der Waals surface area contributed by atoms with E-state index in [1.807, 2.05) is 0 Å². The molecule has 0 radical (unpaired) electrons. The fourth-order valence-electron chi connectivity index (χ4n) is 1.57. The van der Waals surface area contributed by atoms with Gasteiger partial charge in [0.25, 0.3) is 0 Å². The molecule has 1 aromatic carbocycles. The summed E-state index contributed by atoms with van der Waals surface area (Å²) in [7, 11) is -4.07. The third-order valence-corrected chi connectivity index (χ3v) is 4.26. The van der Waals surface area contributed by atoms with Gasteiger partial charge in [-0.05, 0) is 30.5 Å². The Balaban J connectivity index is 3.03. The fraction of sp³-hybridized carbons (Fsp3) is 0.417. The lowest BCUT2D eigenvalue weighted by Crippen LogP contribution is -2.41. The zero-order valence-corrected chi connectivity index (χ0v) is 12.5. The second kappa shape index (κ2) is 6.51. The van der Waals surface area contributed by atoms with Crippen LogP contribution in [0.25, 0.3) is 0 Å². The maximum Gasteiger partial charge on any atom is 0.321 e. The predicted molar refractivity (Wildman–Crippen MR) is 72.6 cm³/mol. The Morgan fingerprint density at radius 3 is 2.50 bits per heavy atom. The number of benzene rings is 1. The number of hydrogen-bond acceptors (Lipinski definition) is 3. The van der Waals surface area contributed by atoms with Gasteiger partial charge >= 0.3 is 5.97 Å². The second-order valence-electron chi connectivity index (χ2n) is 4.72. The molecule has 5 nitrogen and oxygen atoms in total. The van der Waals surface area contributed by atoms with Gasteiger partial charge < -0.3 is 5.11 Å². The highest BCUT2D eigenvalue weighted by Crippen LogP contribution is 2.20. The molecule has 2 N–H and O–H groups in total. The van der Waals surface area contributed by atoms with Crippen molar-refractivity contribution in [2.45, 2.75) is 31.2 Å². The summed E-state index contributed by atoms with van der Waals surface area (Å²) in [4.78, 5) is 10.8. The molecule has 0 unspecified atom stereocenters. The van der Waals surface area contributed by atoms with Gasteiger partial charge in [-0.1, -0.05) is 25.4 Å². The van der Waals surface area contributed by atoms with E-state index in [0.29, 0.717) is 0 Å². The Kier molecular flexibility index (Phi) is 5.50. The first-order valence-electron chi connectivity index (χ1n) is 5.83. The molecule has 0 fully saturated rings. The van der Waals surface area contributed by atoms with Gasteiger partial charge in [0.2, 0.25) is 10.0 Å². The smallest absolute Gasteiger partial charge is 0.321 e. The van der Waals surface area contributed by atoms with Crippen LogP contribution in [0.5, 0.6) is 0 Å². The van der Waals surface area contributed by atoms with Gasteiger partial charge in [0, 0.05) is 0 Å². The van der Waals surface area contributed by atoms with Gasteiger partial charge in [0.15, 0.2) is 0 Å². The van der Waals surface area contributed by atoms with Crippen molar-refractivity contribution in [1.29, 1.82) is 0 Å². The molecule has 20 heavy (non-hydrogen) atoms. The molecule has 112 valence electrons. The largest absolute Gasteiger partial charge is 0.480 e. The van der Waals surface area contributed by atoms with Gasteiger partial charge in [0.1, 0.15) is 11.9 Å². The quantitative estimate of drug-likeness (QED) is 0.841. The van der Waals surface area contributed by atoms with E-state index in [9.17, 15) is 17.6 Å². The molecule has 0 saturated heterocycles. The minimum Gasteiger partial charge on any atom is -0.480 e. The molecule has 0 aliphatic rings. The lowest BCUT2D eigenvalue weighted by atomic mass is 10.1. The van der Waals surface area contributed by atoms with Crippen LogP contribution in [-0.2, 0) is 14.8 Å². The van der Waals surface area contributed by atoms with Crippen molar-refractivity contribution < 1.29 is 22.7 Å². The van der Waals surface area contributed by atoms with Crippen LogP contribution >= 0.6 is 11.6 Å². The summed E-state index contributed by atoms with van der Waals surface area (Å²) in [6.07, 6.45) is 0.142. The Labute approximate surface area is 121 Å². The predicted octanol–water partition coefficient (Wildman–Crippen LogP) is 2.26. The number of sulfonamides is 1. The summed E-state index contributed by atoms with van der Waals surface area (Å²) in [5.74, 6) is -2.02. The summed E-state index contributed by atoms with van der Waals surface area (Å²) in [5.41, 5.74) is 0. The van der Waals surface area contributed by atoms with Crippen LogP contribution in [-0.4, -0.2) is 25.5 Å². The minimum atomic E-state index is -4.07. The molecule has 0 bridgehead atoms. The van der Waals surface area contributed by atoms with Crippen LogP contribution in [0.15, 0.2) is 23.1 Å². The zero-order valence-electron chi connectivity index (χ0n) is 10.9. The van der Waals surface area contributed by atoms with Crippen molar-refractivity contribution in [3.05, 3.63) is 29.0 Å². The lowest BCUT2D eigenvalue weighted by molar-refractivity contribution is -0.139. The average molecular weight is 324 g/mol. The van der Waals surface area contributed by atoms with Crippen molar-refractivity contribution in [3.63, 3.8) is 0 Å². The molecule has 1 aromatic rings. The van der Waals surface area contributed by atoms with E-state index in [4.69, 9.17) is 16.7 Å².